The third-order valence-electron chi connectivity index (χ3n) is 4.30. The van der Waals surface area contributed by atoms with Gasteiger partial charge in [0.25, 0.3) is 5.91 Å². The minimum atomic E-state index is -0.116. The maximum atomic E-state index is 12.7. The van der Waals surface area contributed by atoms with Crippen molar-refractivity contribution in [3.8, 4) is 0 Å². The van der Waals surface area contributed by atoms with Crippen LogP contribution in [0.4, 0.5) is 11.5 Å². The number of amides is 1. The Morgan fingerprint density at radius 1 is 1.13 bits per heavy atom. The second-order valence-corrected chi connectivity index (χ2v) is 6.19. The molecule has 3 rings (SSSR count). The van der Waals surface area contributed by atoms with E-state index in [1.165, 1.54) is 12.8 Å². The lowest BCUT2D eigenvalue weighted by atomic mass is 10.2. The summed E-state index contributed by atoms with van der Waals surface area (Å²) < 4.78 is 1.83. The Morgan fingerprint density at radius 3 is 2.35 bits per heavy atom. The van der Waals surface area contributed by atoms with Gasteiger partial charge >= 0.3 is 0 Å². The summed E-state index contributed by atoms with van der Waals surface area (Å²) in [4.78, 5) is 19.2. The van der Waals surface area contributed by atoms with Crippen molar-refractivity contribution in [2.24, 2.45) is 7.05 Å². The van der Waals surface area contributed by atoms with Crippen molar-refractivity contribution in [1.82, 2.24) is 14.8 Å². The quantitative estimate of drug-likeness (QED) is 0.946. The van der Waals surface area contributed by atoms with E-state index < -0.39 is 0 Å². The highest BCUT2D eigenvalue weighted by atomic mass is 16.1. The van der Waals surface area contributed by atoms with Crippen molar-refractivity contribution >= 4 is 17.4 Å². The molecule has 122 valence electrons. The zero-order valence-corrected chi connectivity index (χ0v) is 14.2. The zero-order chi connectivity index (χ0) is 16.6. The molecule has 0 bridgehead atoms. The summed E-state index contributed by atoms with van der Waals surface area (Å²) in [5.41, 5.74) is 4.09. The van der Waals surface area contributed by atoms with Crippen molar-refractivity contribution in [3.63, 3.8) is 0 Å². The van der Waals surface area contributed by atoms with Gasteiger partial charge in [0.2, 0.25) is 0 Å². The number of carbonyl (C=O) groups excluding carboxylic acids is 1. The summed E-state index contributed by atoms with van der Waals surface area (Å²) in [6.45, 7) is 7.76. The summed E-state index contributed by atoms with van der Waals surface area (Å²) in [7, 11) is 1.91. The van der Waals surface area contributed by atoms with Crippen molar-refractivity contribution in [3.05, 3.63) is 34.8 Å². The minimum absolute atomic E-state index is 0.116. The average molecular weight is 313 g/mol. The topological polar surface area (TPSA) is 63.1 Å². The summed E-state index contributed by atoms with van der Waals surface area (Å²) >= 11 is 0. The van der Waals surface area contributed by atoms with E-state index >= 15 is 0 Å². The van der Waals surface area contributed by atoms with Gasteiger partial charge in [-0.05, 0) is 45.7 Å². The maximum absolute atomic E-state index is 12.7. The Kier molecular flexibility index (Phi) is 4.07. The molecule has 0 atom stereocenters. The molecule has 0 unspecified atom stereocenters. The highest BCUT2D eigenvalue weighted by Crippen LogP contribution is 2.31. The summed E-state index contributed by atoms with van der Waals surface area (Å²) in [6, 6.07) is 3.62. The normalized spacial score (nSPS) is 14.3. The minimum Gasteiger partial charge on any atom is -0.353 e. The van der Waals surface area contributed by atoms with Crippen LogP contribution in [0.2, 0.25) is 0 Å². The average Bonchev–Trinajstić information content (AvgIpc) is 3.10. The molecule has 23 heavy (non-hydrogen) atoms. The van der Waals surface area contributed by atoms with Crippen LogP contribution in [-0.4, -0.2) is 33.8 Å². The fourth-order valence-corrected chi connectivity index (χ4v) is 3.04. The molecule has 1 amide bonds. The molecule has 0 aliphatic carbocycles. The summed E-state index contributed by atoms with van der Waals surface area (Å²) in [6.07, 6.45) is 2.34. The molecule has 1 fully saturated rings. The number of aryl methyl sites for hydroxylation is 3. The Hall–Kier alpha value is -2.37. The van der Waals surface area contributed by atoms with E-state index in [1.807, 2.05) is 44.6 Å². The van der Waals surface area contributed by atoms with Gasteiger partial charge in [-0.2, -0.15) is 5.10 Å². The van der Waals surface area contributed by atoms with E-state index in [2.05, 4.69) is 20.3 Å². The maximum Gasteiger partial charge on any atom is 0.255 e. The van der Waals surface area contributed by atoms with Crippen LogP contribution in [0, 0.1) is 20.8 Å². The predicted molar refractivity (Wildman–Crippen MR) is 91.1 cm³/mol. The highest BCUT2D eigenvalue weighted by Gasteiger charge is 2.23. The number of nitrogens with one attached hydrogen (secondary N) is 1. The molecule has 6 nitrogen and oxygen atoms in total. The van der Waals surface area contributed by atoms with Gasteiger partial charge in [-0.25, -0.2) is 0 Å². The van der Waals surface area contributed by atoms with Gasteiger partial charge in [-0.1, -0.05) is 0 Å². The molecule has 1 N–H and O–H groups in total. The number of pyridine rings is 1. The van der Waals surface area contributed by atoms with Gasteiger partial charge < -0.3 is 10.2 Å². The lowest BCUT2D eigenvalue weighted by molar-refractivity contribution is 0.102. The van der Waals surface area contributed by atoms with Gasteiger partial charge in [-0.15, -0.1) is 0 Å². The monoisotopic (exact) mass is 313 g/mol. The first-order valence-corrected chi connectivity index (χ1v) is 8.01. The first-order chi connectivity index (χ1) is 11.0. The molecule has 3 heterocycles. The third kappa shape index (κ3) is 3.06. The zero-order valence-electron chi connectivity index (χ0n) is 14.2. The summed E-state index contributed by atoms with van der Waals surface area (Å²) in [5, 5.41) is 7.65. The molecule has 0 saturated carbocycles. The fourth-order valence-electron chi connectivity index (χ4n) is 3.04. The third-order valence-corrected chi connectivity index (χ3v) is 4.30. The molecule has 1 aliphatic heterocycles. The van der Waals surface area contributed by atoms with Crippen LogP contribution < -0.4 is 10.2 Å². The van der Waals surface area contributed by atoms with E-state index in [1.54, 1.807) is 0 Å². The van der Waals surface area contributed by atoms with Crippen LogP contribution in [-0.2, 0) is 7.05 Å². The Bertz CT molecular complexity index is 723. The number of rotatable bonds is 3. The Balaban J connectivity index is 1.91. The van der Waals surface area contributed by atoms with Crippen molar-refractivity contribution in [2.45, 2.75) is 33.6 Å². The first-order valence-electron chi connectivity index (χ1n) is 8.01. The van der Waals surface area contributed by atoms with Crippen LogP contribution in [0.3, 0.4) is 0 Å². The van der Waals surface area contributed by atoms with Crippen LogP contribution in [0.15, 0.2) is 12.1 Å². The molecular weight excluding hydrogens is 290 g/mol. The molecule has 6 heteroatoms. The van der Waals surface area contributed by atoms with E-state index in [-0.39, 0.29) is 5.91 Å². The van der Waals surface area contributed by atoms with Gasteiger partial charge in [-0.3, -0.25) is 14.5 Å². The number of anilines is 2. The van der Waals surface area contributed by atoms with Crippen molar-refractivity contribution < 1.29 is 4.79 Å². The van der Waals surface area contributed by atoms with Gasteiger partial charge in [0.15, 0.2) is 5.82 Å². The van der Waals surface area contributed by atoms with Crippen LogP contribution in [0.25, 0.3) is 0 Å². The SMILES string of the molecule is Cc1cc(C(=O)Nc2c(N3CCCC3)nn(C)c2C)cc(C)n1. The van der Waals surface area contributed by atoms with Crippen molar-refractivity contribution in [2.75, 3.05) is 23.3 Å². The fraction of sp³-hybridized carbons (Fsp3) is 0.471. The number of nitrogens with zero attached hydrogens (tertiary/aromatic N) is 4. The lowest BCUT2D eigenvalue weighted by Gasteiger charge is -2.16. The lowest BCUT2D eigenvalue weighted by Crippen LogP contribution is -2.21. The van der Waals surface area contributed by atoms with E-state index in [4.69, 9.17) is 0 Å². The van der Waals surface area contributed by atoms with Crippen LogP contribution in [0.5, 0.6) is 0 Å². The van der Waals surface area contributed by atoms with E-state index in [0.717, 1.165) is 41.7 Å². The number of hydrogen-bond acceptors (Lipinski definition) is 4. The Morgan fingerprint density at radius 2 is 1.74 bits per heavy atom. The molecule has 2 aromatic heterocycles. The molecular formula is C17H23N5O. The van der Waals surface area contributed by atoms with E-state index in [0.29, 0.717) is 5.56 Å². The van der Waals surface area contributed by atoms with Gasteiger partial charge in [0, 0.05) is 37.1 Å². The number of hydrogen-bond donors (Lipinski definition) is 1. The van der Waals surface area contributed by atoms with E-state index in [9.17, 15) is 4.79 Å². The molecule has 1 saturated heterocycles. The molecule has 2 aromatic rings. The van der Waals surface area contributed by atoms with Gasteiger partial charge in [0.05, 0.1) is 5.69 Å². The predicted octanol–water partition coefficient (Wildman–Crippen LogP) is 2.59. The largest absolute Gasteiger partial charge is 0.353 e. The second-order valence-electron chi connectivity index (χ2n) is 6.19. The second kappa shape index (κ2) is 6.02. The smallest absolute Gasteiger partial charge is 0.255 e. The van der Waals surface area contributed by atoms with Crippen molar-refractivity contribution in [1.29, 1.82) is 0 Å². The first kappa shape index (κ1) is 15.5. The standard InChI is InChI=1S/C17H23N5O/c1-11-9-14(10-12(2)18-11)17(23)19-15-13(3)21(4)20-16(15)22-7-5-6-8-22/h9-10H,5-8H2,1-4H3,(H,19,23). The molecule has 0 radical (unpaired) electrons. The molecule has 1 aliphatic rings. The molecule has 0 spiro atoms. The Labute approximate surface area is 136 Å². The number of carbonyl (C=O) groups is 1. The highest BCUT2D eigenvalue weighted by molar-refractivity contribution is 6.06. The number of aromatic nitrogens is 3. The summed E-state index contributed by atoms with van der Waals surface area (Å²) in [5.74, 6) is 0.758. The van der Waals surface area contributed by atoms with Crippen LogP contribution in [0.1, 0.15) is 40.3 Å². The van der Waals surface area contributed by atoms with Gasteiger partial charge in [0.1, 0.15) is 5.69 Å². The van der Waals surface area contributed by atoms with Crippen LogP contribution >= 0.6 is 0 Å². The molecule has 0 aromatic carbocycles.